The van der Waals surface area contributed by atoms with E-state index in [1.807, 2.05) is 6.92 Å². The van der Waals surface area contributed by atoms with Gasteiger partial charge in [0.05, 0.1) is 4.92 Å². The maximum absolute atomic E-state index is 12.3. The van der Waals surface area contributed by atoms with Crippen LogP contribution in [0.1, 0.15) is 36.2 Å². The van der Waals surface area contributed by atoms with Crippen LogP contribution in [0, 0.1) is 10.1 Å². The van der Waals surface area contributed by atoms with Crippen LogP contribution in [0.4, 0.5) is 5.69 Å². The SMILES string of the molecule is CCCN(CC(=O)O)C(=O)c1ccc(CC)c([N+](=O)[O-])c1. The molecule has 0 spiro atoms. The van der Waals surface area contributed by atoms with E-state index in [2.05, 4.69) is 0 Å². The average Bonchev–Trinajstić information content (AvgIpc) is 2.44. The number of amides is 1. The Morgan fingerprint density at radius 1 is 1.33 bits per heavy atom. The van der Waals surface area contributed by atoms with E-state index in [1.165, 1.54) is 23.1 Å². The number of hydrogen-bond donors (Lipinski definition) is 1. The Hall–Kier alpha value is -2.44. The van der Waals surface area contributed by atoms with Crippen LogP contribution in [-0.4, -0.2) is 39.9 Å². The molecule has 0 saturated carbocycles. The van der Waals surface area contributed by atoms with Crippen molar-refractivity contribution < 1.29 is 19.6 Å². The largest absolute Gasteiger partial charge is 0.480 e. The molecule has 0 radical (unpaired) electrons. The molecule has 7 nitrogen and oxygen atoms in total. The van der Waals surface area contributed by atoms with E-state index in [0.717, 1.165) is 0 Å². The predicted molar refractivity (Wildman–Crippen MR) is 76.3 cm³/mol. The fraction of sp³-hybridized carbons (Fsp3) is 0.429. The van der Waals surface area contributed by atoms with Gasteiger partial charge in [0.1, 0.15) is 6.54 Å². The van der Waals surface area contributed by atoms with Crippen molar-refractivity contribution in [2.45, 2.75) is 26.7 Å². The van der Waals surface area contributed by atoms with Gasteiger partial charge in [0.25, 0.3) is 11.6 Å². The number of hydrogen-bond acceptors (Lipinski definition) is 4. The second kappa shape index (κ2) is 7.37. The van der Waals surface area contributed by atoms with Gasteiger partial charge in [0.15, 0.2) is 0 Å². The van der Waals surface area contributed by atoms with Crippen LogP contribution < -0.4 is 0 Å². The van der Waals surface area contributed by atoms with Crippen molar-refractivity contribution in [3.8, 4) is 0 Å². The van der Waals surface area contributed by atoms with Crippen molar-refractivity contribution in [1.82, 2.24) is 4.90 Å². The Bertz CT molecular complexity index is 556. The van der Waals surface area contributed by atoms with Gasteiger partial charge in [-0.25, -0.2) is 0 Å². The first-order valence-corrected chi connectivity index (χ1v) is 6.69. The molecular formula is C14H18N2O5. The zero-order valence-electron chi connectivity index (χ0n) is 12.0. The number of nitro benzene ring substituents is 1. The fourth-order valence-corrected chi connectivity index (χ4v) is 2.03. The van der Waals surface area contributed by atoms with Crippen molar-refractivity contribution in [3.05, 3.63) is 39.4 Å². The van der Waals surface area contributed by atoms with Crippen molar-refractivity contribution in [3.63, 3.8) is 0 Å². The highest BCUT2D eigenvalue weighted by molar-refractivity contribution is 5.96. The highest BCUT2D eigenvalue weighted by Gasteiger charge is 2.21. The highest BCUT2D eigenvalue weighted by atomic mass is 16.6. The third kappa shape index (κ3) is 4.27. The zero-order valence-corrected chi connectivity index (χ0v) is 12.0. The molecule has 7 heteroatoms. The predicted octanol–water partition coefficient (Wildman–Crippen LogP) is 2.09. The first-order valence-electron chi connectivity index (χ1n) is 6.69. The quantitative estimate of drug-likeness (QED) is 0.613. The van der Waals surface area contributed by atoms with E-state index in [0.29, 0.717) is 18.4 Å². The summed E-state index contributed by atoms with van der Waals surface area (Å²) in [7, 11) is 0. The maximum Gasteiger partial charge on any atom is 0.323 e. The molecule has 1 rings (SSSR count). The minimum Gasteiger partial charge on any atom is -0.480 e. The van der Waals surface area contributed by atoms with Crippen LogP contribution in [0.3, 0.4) is 0 Å². The molecular weight excluding hydrogens is 276 g/mol. The summed E-state index contributed by atoms with van der Waals surface area (Å²) >= 11 is 0. The van der Waals surface area contributed by atoms with Gasteiger partial charge in [-0.15, -0.1) is 0 Å². The summed E-state index contributed by atoms with van der Waals surface area (Å²) in [6, 6.07) is 4.25. The molecule has 21 heavy (non-hydrogen) atoms. The van der Waals surface area contributed by atoms with Crippen LogP contribution in [0.2, 0.25) is 0 Å². The Morgan fingerprint density at radius 2 is 2.00 bits per heavy atom. The minimum atomic E-state index is -1.11. The molecule has 0 heterocycles. The monoisotopic (exact) mass is 294 g/mol. The third-order valence-corrected chi connectivity index (χ3v) is 3.02. The second-order valence-corrected chi connectivity index (χ2v) is 4.57. The first-order chi connectivity index (χ1) is 9.90. The van der Waals surface area contributed by atoms with Gasteiger partial charge < -0.3 is 10.0 Å². The fourth-order valence-electron chi connectivity index (χ4n) is 2.03. The smallest absolute Gasteiger partial charge is 0.323 e. The second-order valence-electron chi connectivity index (χ2n) is 4.57. The Balaban J connectivity index is 3.12. The van der Waals surface area contributed by atoms with Gasteiger partial charge in [0, 0.05) is 23.7 Å². The van der Waals surface area contributed by atoms with E-state index in [9.17, 15) is 19.7 Å². The molecule has 1 aromatic rings. The Labute approximate surface area is 122 Å². The summed E-state index contributed by atoms with van der Waals surface area (Å²) in [6.07, 6.45) is 1.09. The standard InChI is InChI=1S/C14H18N2O5/c1-3-7-15(9-13(17)18)14(19)11-6-5-10(4-2)12(8-11)16(20)21/h5-6,8H,3-4,7,9H2,1-2H3,(H,17,18). The summed E-state index contributed by atoms with van der Waals surface area (Å²) in [6.45, 7) is 3.48. The summed E-state index contributed by atoms with van der Waals surface area (Å²) < 4.78 is 0. The van der Waals surface area contributed by atoms with Crippen LogP contribution >= 0.6 is 0 Å². The van der Waals surface area contributed by atoms with Gasteiger partial charge in [-0.2, -0.15) is 0 Å². The van der Waals surface area contributed by atoms with Crippen molar-refractivity contribution in [2.24, 2.45) is 0 Å². The zero-order chi connectivity index (χ0) is 16.0. The lowest BCUT2D eigenvalue weighted by molar-refractivity contribution is -0.385. The Kier molecular flexibility index (Phi) is 5.83. The molecule has 1 N–H and O–H groups in total. The lowest BCUT2D eigenvalue weighted by atomic mass is 10.1. The molecule has 0 bridgehead atoms. The summed E-state index contributed by atoms with van der Waals surface area (Å²) in [5, 5.41) is 19.8. The molecule has 0 aromatic heterocycles. The molecule has 0 unspecified atom stereocenters. The van der Waals surface area contributed by atoms with Crippen LogP contribution in [-0.2, 0) is 11.2 Å². The molecule has 0 aliphatic carbocycles. The lowest BCUT2D eigenvalue weighted by Gasteiger charge is -2.20. The number of rotatable bonds is 7. The molecule has 1 aromatic carbocycles. The number of nitrogens with zero attached hydrogens (tertiary/aromatic N) is 2. The van der Waals surface area contributed by atoms with Gasteiger partial charge in [-0.05, 0) is 18.9 Å². The van der Waals surface area contributed by atoms with Gasteiger partial charge >= 0.3 is 5.97 Å². The highest BCUT2D eigenvalue weighted by Crippen LogP contribution is 2.21. The molecule has 0 atom stereocenters. The number of benzene rings is 1. The van der Waals surface area contributed by atoms with Gasteiger partial charge in [0.2, 0.25) is 0 Å². The molecule has 0 saturated heterocycles. The number of carboxylic acid groups (broad SMARTS) is 1. The number of aliphatic carboxylic acids is 1. The summed E-state index contributed by atoms with van der Waals surface area (Å²) in [5.41, 5.74) is 0.556. The number of carboxylic acids is 1. The topological polar surface area (TPSA) is 101 Å². The van der Waals surface area contributed by atoms with Crippen LogP contribution in [0.5, 0.6) is 0 Å². The van der Waals surface area contributed by atoms with Crippen molar-refractivity contribution in [1.29, 1.82) is 0 Å². The van der Waals surface area contributed by atoms with E-state index in [-0.39, 0.29) is 17.8 Å². The van der Waals surface area contributed by atoms with Gasteiger partial charge in [-0.1, -0.05) is 19.9 Å². The van der Waals surface area contributed by atoms with Crippen LogP contribution in [0.15, 0.2) is 18.2 Å². The minimum absolute atomic E-state index is 0.116. The lowest BCUT2D eigenvalue weighted by Crippen LogP contribution is -2.36. The third-order valence-electron chi connectivity index (χ3n) is 3.02. The van der Waals surface area contributed by atoms with E-state index in [4.69, 9.17) is 5.11 Å². The molecule has 0 aliphatic rings. The first kappa shape index (κ1) is 16.6. The van der Waals surface area contributed by atoms with Crippen molar-refractivity contribution >= 4 is 17.6 Å². The average molecular weight is 294 g/mol. The maximum atomic E-state index is 12.3. The van der Waals surface area contributed by atoms with Gasteiger partial charge in [-0.3, -0.25) is 19.7 Å². The summed E-state index contributed by atoms with van der Waals surface area (Å²) in [4.78, 5) is 34.7. The molecule has 114 valence electrons. The Morgan fingerprint density at radius 3 is 2.48 bits per heavy atom. The van der Waals surface area contributed by atoms with E-state index < -0.39 is 23.3 Å². The van der Waals surface area contributed by atoms with Crippen molar-refractivity contribution in [2.75, 3.05) is 13.1 Å². The van der Waals surface area contributed by atoms with E-state index in [1.54, 1.807) is 6.92 Å². The summed E-state index contributed by atoms with van der Waals surface area (Å²) in [5.74, 6) is -1.62. The molecule has 1 amide bonds. The number of nitro groups is 1. The van der Waals surface area contributed by atoms with E-state index >= 15 is 0 Å². The molecule has 0 fully saturated rings. The number of carbonyl (C=O) groups excluding carboxylic acids is 1. The van der Waals surface area contributed by atoms with Crippen LogP contribution in [0.25, 0.3) is 0 Å². The normalized spacial score (nSPS) is 10.2. The number of carbonyl (C=O) groups is 2. The molecule has 0 aliphatic heterocycles. The number of aryl methyl sites for hydroxylation is 1.